The van der Waals surface area contributed by atoms with Gasteiger partial charge in [-0.2, -0.15) is 0 Å². The monoisotopic (exact) mass is 272 g/mol. The van der Waals surface area contributed by atoms with Gasteiger partial charge in [-0.15, -0.1) is 0 Å². The van der Waals surface area contributed by atoms with Gasteiger partial charge in [0.15, 0.2) is 0 Å². The first-order valence-electron chi connectivity index (χ1n) is 5.30. The van der Waals surface area contributed by atoms with Gasteiger partial charge in [0.1, 0.15) is 0 Å². The molecule has 0 aliphatic rings. The van der Waals surface area contributed by atoms with E-state index in [1.54, 1.807) is 0 Å². The minimum atomic E-state index is 0.973. The summed E-state index contributed by atoms with van der Waals surface area (Å²) in [7, 11) is 0. The van der Waals surface area contributed by atoms with Crippen LogP contribution in [0.25, 0.3) is 11.1 Å². The Balaban J connectivity index is 2.20. The molecule has 0 spiro atoms. The average molecular weight is 273 g/mol. The molecule has 2 rings (SSSR count). The van der Waals surface area contributed by atoms with E-state index in [1.807, 2.05) is 11.1 Å². The fourth-order valence-electron chi connectivity index (χ4n) is 1.64. The Labute approximate surface area is 105 Å². The van der Waals surface area contributed by atoms with Crippen molar-refractivity contribution in [1.29, 1.82) is 0 Å². The molecule has 0 atom stereocenters. The topological polar surface area (TPSA) is 0 Å². The van der Waals surface area contributed by atoms with Crippen molar-refractivity contribution in [2.24, 2.45) is 0 Å². The van der Waals surface area contributed by atoms with Crippen molar-refractivity contribution in [3.05, 3.63) is 71.2 Å². The summed E-state index contributed by atoms with van der Waals surface area (Å²) in [6.45, 7) is 0. The van der Waals surface area contributed by atoms with Gasteiger partial charge in [0.05, 0.1) is 0 Å². The molecule has 0 bridgehead atoms. The van der Waals surface area contributed by atoms with Gasteiger partial charge in [0, 0.05) is 0 Å². The van der Waals surface area contributed by atoms with Crippen molar-refractivity contribution in [3.8, 4) is 11.1 Å². The Bertz CT molecular complexity index is 455. The summed E-state index contributed by atoms with van der Waals surface area (Å²) >= 11 is 3.28. The molecule has 0 fully saturated rings. The molecule has 0 nitrogen and oxygen atoms in total. The molecule has 80 valence electrons. The van der Waals surface area contributed by atoms with Crippen LogP contribution >= 0.6 is 15.9 Å². The van der Waals surface area contributed by atoms with Crippen LogP contribution in [0.1, 0.15) is 5.56 Å². The second-order valence-electron chi connectivity index (χ2n) is 3.63. The number of benzene rings is 2. The maximum absolute atomic E-state index is 3.28. The molecule has 0 heterocycles. The number of rotatable bonds is 3. The lowest BCUT2D eigenvalue weighted by atomic mass is 10.0. The van der Waals surface area contributed by atoms with Gasteiger partial charge in [0.25, 0.3) is 0 Å². The smallest absolute Gasteiger partial charge is 0.00892 e. The quantitative estimate of drug-likeness (QED) is 0.753. The summed E-state index contributed by atoms with van der Waals surface area (Å²) in [6, 6.07) is 19.1. The van der Waals surface area contributed by atoms with Gasteiger partial charge in [-0.05, 0) is 28.1 Å². The van der Waals surface area contributed by atoms with Crippen LogP contribution in [0.15, 0.2) is 65.7 Å². The highest BCUT2D eigenvalue weighted by Crippen LogP contribution is 2.19. The van der Waals surface area contributed by atoms with Crippen LogP contribution in [0.4, 0.5) is 0 Å². The van der Waals surface area contributed by atoms with Gasteiger partial charge in [0.2, 0.25) is 0 Å². The van der Waals surface area contributed by atoms with Gasteiger partial charge in [-0.25, -0.2) is 0 Å². The molecule has 0 aliphatic heterocycles. The minimum Gasteiger partial charge on any atom is -0.0732 e. The van der Waals surface area contributed by atoms with Crippen LogP contribution in [0.5, 0.6) is 0 Å². The van der Waals surface area contributed by atoms with Gasteiger partial charge in [-0.3, -0.25) is 0 Å². The largest absolute Gasteiger partial charge is 0.0732 e. The first-order valence-corrected chi connectivity index (χ1v) is 6.21. The molecule has 0 radical (unpaired) electrons. The van der Waals surface area contributed by atoms with E-state index in [2.05, 4.69) is 70.5 Å². The minimum absolute atomic E-state index is 0.973. The van der Waals surface area contributed by atoms with E-state index in [4.69, 9.17) is 0 Å². The number of halogens is 1. The Hall–Kier alpha value is -1.34. The third-order valence-corrected chi connectivity index (χ3v) is 2.88. The van der Waals surface area contributed by atoms with Crippen molar-refractivity contribution < 1.29 is 0 Å². The number of hydrogen-bond donors (Lipinski definition) is 0. The second kappa shape index (κ2) is 5.66. The first kappa shape index (κ1) is 11.2. The summed E-state index contributed by atoms with van der Waals surface area (Å²) in [6.07, 6.45) is 3.07. The molecule has 2 aromatic carbocycles. The van der Waals surface area contributed by atoms with E-state index in [-0.39, 0.29) is 0 Å². The Kier molecular flexibility index (Phi) is 3.95. The molecule has 0 saturated carbocycles. The summed E-state index contributed by atoms with van der Waals surface area (Å²) in [5, 5.41) is 0. The van der Waals surface area contributed by atoms with E-state index in [1.165, 1.54) is 16.7 Å². The third-order valence-electron chi connectivity index (χ3n) is 2.50. The Morgan fingerprint density at radius 2 is 1.44 bits per heavy atom. The lowest BCUT2D eigenvalue weighted by Gasteiger charge is -2.02. The highest BCUT2D eigenvalue weighted by molar-refractivity contribution is 9.11. The SMILES string of the molecule is BrC=CCc1ccc(-c2ccccc2)cc1. The molecule has 2 aromatic rings. The fraction of sp³-hybridized carbons (Fsp3) is 0.0667. The molecule has 0 saturated heterocycles. The van der Waals surface area contributed by atoms with Crippen molar-refractivity contribution in [2.75, 3.05) is 0 Å². The Morgan fingerprint density at radius 1 is 0.812 bits per heavy atom. The number of allylic oxidation sites excluding steroid dienone is 1. The van der Waals surface area contributed by atoms with Gasteiger partial charge < -0.3 is 0 Å². The zero-order valence-corrected chi connectivity index (χ0v) is 10.5. The average Bonchev–Trinajstić information content (AvgIpc) is 2.38. The highest BCUT2D eigenvalue weighted by Gasteiger charge is 1.95. The predicted molar refractivity (Wildman–Crippen MR) is 73.6 cm³/mol. The predicted octanol–water partition coefficient (Wildman–Crippen LogP) is 4.80. The van der Waals surface area contributed by atoms with Crippen LogP contribution in [0.2, 0.25) is 0 Å². The molecule has 0 unspecified atom stereocenters. The van der Waals surface area contributed by atoms with E-state index >= 15 is 0 Å². The van der Waals surface area contributed by atoms with Gasteiger partial charge in [-0.1, -0.05) is 76.6 Å². The van der Waals surface area contributed by atoms with E-state index < -0.39 is 0 Å². The molecular weight excluding hydrogens is 260 g/mol. The standard InChI is InChI=1S/C15H13Br/c16-12-4-5-13-8-10-15(11-9-13)14-6-2-1-3-7-14/h1-4,6-12H,5H2. The fourth-order valence-corrected chi connectivity index (χ4v) is 1.83. The molecule has 1 heteroatoms. The van der Waals surface area contributed by atoms with Crippen LogP contribution in [-0.2, 0) is 6.42 Å². The molecule has 0 aliphatic carbocycles. The van der Waals surface area contributed by atoms with Crippen molar-refractivity contribution in [3.63, 3.8) is 0 Å². The first-order chi connectivity index (χ1) is 7.90. The summed E-state index contributed by atoms with van der Waals surface area (Å²) in [5.74, 6) is 0. The molecular formula is C15H13Br. The Morgan fingerprint density at radius 3 is 2.06 bits per heavy atom. The number of hydrogen-bond acceptors (Lipinski definition) is 0. The van der Waals surface area contributed by atoms with Crippen molar-refractivity contribution >= 4 is 15.9 Å². The van der Waals surface area contributed by atoms with Crippen LogP contribution in [0, 0.1) is 0 Å². The summed E-state index contributed by atoms with van der Waals surface area (Å²) in [4.78, 5) is 1.90. The lowest BCUT2D eigenvalue weighted by Crippen LogP contribution is -1.81. The summed E-state index contributed by atoms with van der Waals surface area (Å²) < 4.78 is 0. The van der Waals surface area contributed by atoms with Crippen molar-refractivity contribution in [1.82, 2.24) is 0 Å². The van der Waals surface area contributed by atoms with Crippen molar-refractivity contribution in [2.45, 2.75) is 6.42 Å². The zero-order chi connectivity index (χ0) is 11.2. The third kappa shape index (κ3) is 2.83. The maximum atomic E-state index is 3.28. The zero-order valence-electron chi connectivity index (χ0n) is 8.94. The van der Waals surface area contributed by atoms with Crippen LogP contribution in [-0.4, -0.2) is 0 Å². The normalized spacial score (nSPS) is 10.8. The molecule has 0 amide bonds. The highest BCUT2D eigenvalue weighted by atomic mass is 79.9. The van der Waals surface area contributed by atoms with E-state index in [9.17, 15) is 0 Å². The molecule has 0 N–H and O–H groups in total. The maximum Gasteiger partial charge on any atom is -0.00892 e. The summed E-state index contributed by atoms with van der Waals surface area (Å²) in [5.41, 5.74) is 3.87. The van der Waals surface area contributed by atoms with Crippen LogP contribution < -0.4 is 0 Å². The molecule has 0 aromatic heterocycles. The van der Waals surface area contributed by atoms with E-state index in [0.29, 0.717) is 0 Å². The van der Waals surface area contributed by atoms with E-state index in [0.717, 1.165) is 6.42 Å². The second-order valence-corrected chi connectivity index (χ2v) is 4.16. The lowest BCUT2D eigenvalue weighted by molar-refractivity contribution is 1.28. The van der Waals surface area contributed by atoms with Crippen LogP contribution in [0.3, 0.4) is 0 Å². The molecule has 16 heavy (non-hydrogen) atoms. The van der Waals surface area contributed by atoms with Gasteiger partial charge >= 0.3 is 0 Å².